The third-order valence-electron chi connectivity index (χ3n) is 5.46. The lowest BCUT2D eigenvalue weighted by Gasteiger charge is -2.31. The van der Waals surface area contributed by atoms with E-state index in [9.17, 15) is 36.2 Å². The summed E-state index contributed by atoms with van der Waals surface area (Å²) in [6.07, 6.45) is -1.48. The number of rotatable bonds is 5. The molecule has 0 saturated carbocycles. The number of terminal acetylenes is 1. The Labute approximate surface area is 196 Å². The number of nitrogens with zero attached hydrogens (tertiary/aromatic N) is 2. The van der Waals surface area contributed by atoms with Crippen LogP contribution in [0.1, 0.15) is 29.5 Å². The van der Waals surface area contributed by atoms with E-state index in [1.54, 1.807) is 4.90 Å². The summed E-state index contributed by atoms with van der Waals surface area (Å²) in [5.41, 5.74) is -2.83. The molecular weight excluding hydrogens is 484 g/mol. The number of aliphatic hydroxyl groups excluding tert-OH is 1. The van der Waals surface area contributed by atoms with Gasteiger partial charge in [-0.2, -0.15) is 26.3 Å². The Morgan fingerprint density at radius 3 is 2.47 bits per heavy atom. The minimum Gasteiger partial charge on any atom is -0.393 e. The number of amides is 1. The van der Waals surface area contributed by atoms with Crippen LogP contribution in [0.5, 0.6) is 0 Å². The van der Waals surface area contributed by atoms with Crippen molar-refractivity contribution in [1.29, 1.82) is 0 Å². The maximum absolute atomic E-state index is 13.4. The number of hydrogen-bond donors (Lipinski definition) is 2. The van der Waals surface area contributed by atoms with Gasteiger partial charge in [-0.15, -0.1) is 6.42 Å². The molecule has 1 atom stereocenters. The normalized spacial score (nSPS) is 21.6. The molecule has 0 aromatic heterocycles. The summed E-state index contributed by atoms with van der Waals surface area (Å²) in [7, 11) is 0. The molecule has 12 heteroatoms. The first-order chi connectivity index (χ1) is 15.9. The summed E-state index contributed by atoms with van der Waals surface area (Å²) in [5.74, 6) is 2.59. The molecule has 0 aliphatic carbocycles. The van der Waals surface area contributed by atoms with Crippen molar-refractivity contribution in [2.24, 2.45) is 10.9 Å². The Morgan fingerprint density at radius 2 is 1.91 bits per heavy atom. The summed E-state index contributed by atoms with van der Waals surface area (Å²) in [6, 6.07) is 0.910. The van der Waals surface area contributed by atoms with E-state index in [4.69, 9.17) is 6.42 Å². The molecule has 2 N–H and O–H groups in total. The van der Waals surface area contributed by atoms with Crippen LogP contribution in [0.4, 0.5) is 31.1 Å². The minimum absolute atomic E-state index is 0.0183. The molecule has 184 valence electrons. The lowest BCUT2D eigenvalue weighted by Crippen LogP contribution is -2.33. The predicted molar refractivity (Wildman–Crippen MR) is 116 cm³/mol. The number of aliphatic hydroxyl groups is 1. The number of alkyl halides is 6. The molecule has 34 heavy (non-hydrogen) atoms. The van der Waals surface area contributed by atoms with E-state index < -0.39 is 29.5 Å². The molecule has 1 aromatic rings. The van der Waals surface area contributed by atoms with Gasteiger partial charge in [-0.3, -0.25) is 9.69 Å². The molecule has 0 spiro atoms. The van der Waals surface area contributed by atoms with Gasteiger partial charge in [0.15, 0.2) is 0 Å². The second kappa shape index (κ2) is 10.4. The lowest BCUT2D eigenvalue weighted by atomic mass is 9.95. The van der Waals surface area contributed by atoms with Gasteiger partial charge in [-0.05, 0) is 61.3 Å². The largest absolute Gasteiger partial charge is 0.416 e. The lowest BCUT2D eigenvalue weighted by molar-refractivity contribution is -0.143. The number of aliphatic imine (C=N–C) groups is 1. The number of allylic oxidation sites excluding steroid dienone is 1. The first-order valence-electron chi connectivity index (χ1n) is 10.3. The van der Waals surface area contributed by atoms with Crippen molar-refractivity contribution in [3.05, 3.63) is 45.9 Å². The van der Waals surface area contributed by atoms with Crippen LogP contribution in [0.2, 0.25) is 0 Å². The second-order valence-corrected chi connectivity index (χ2v) is 8.88. The zero-order valence-electron chi connectivity index (χ0n) is 17.7. The van der Waals surface area contributed by atoms with Gasteiger partial charge in [0.25, 0.3) is 5.24 Å². The maximum atomic E-state index is 13.4. The fraction of sp³-hybridized carbons (Fsp3) is 0.455. The van der Waals surface area contributed by atoms with E-state index in [0.717, 1.165) is 17.8 Å². The van der Waals surface area contributed by atoms with Crippen LogP contribution in [0, 0.1) is 18.3 Å². The molecule has 2 heterocycles. The van der Waals surface area contributed by atoms with Gasteiger partial charge in [0.2, 0.25) is 0 Å². The summed E-state index contributed by atoms with van der Waals surface area (Å²) in [5, 5.41) is 11.5. The fourth-order valence-electron chi connectivity index (χ4n) is 3.71. The zero-order valence-corrected chi connectivity index (χ0v) is 18.5. The average molecular weight is 505 g/mol. The van der Waals surface area contributed by atoms with Crippen LogP contribution in [-0.2, 0) is 18.9 Å². The summed E-state index contributed by atoms with van der Waals surface area (Å²) < 4.78 is 78.8. The van der Waals surface area contributed by atoms with E-state index >= 15 is 0 Å². The number of hydrogen-bond acceptors (Lipinski definition) is 5. The Balaban J connectivity index is 1.69. The number of nitrogens with one attached hydrogen (secondary N) is 1. The second-order valence-electron chi connectivity index (χ2n) is 7.87. The minimum atomic E-state index is -4.90. The highest BCUT2D eigenvalue weighted by Crippen LogP contribution is 2.38. The maximum Gasteiger partial charge on any atom is 0.416 e. The number of piperidine rings is 1. The van der Waals surface area contributed by atoms with Crippen LogP contribution in [0.25, 0.3) is 0 Å². The van der Waals surface area contributed by atoms with Gasteiger partial charge < -0.3 is 10.4 Å². The van der Waals surface area contributed by atoms with Crippen molar-refractivity contribution in [1.82, 2.24) is 10.2 Å². The molecule has 5 nitrogen and oxygen atoms in total. The molecule has 2 aliphatic rings. The molecule has 1 unspecified atom stereocenters. The highest BCUT2D eigenvalue weighted by molar-refractivity contribution is 8.18. The number of likely N-dealkylation sites (tertiary alicyclic amines) is 1. The van der Waals surface area contributed by atoms with Gasteiger partial charge in [-0.25, -0.2) is 4.99 Å². The van der Waals surface area contributed by atoms with Crippen LogP contribution in [0.3, 0.4) is 0 Å². The first-order valence-corrected chi connectivity index (χ1v) is 11.1. The third-order valence-corrected chi connectivity index (χ3v) is 6.30. The number of carbonyl (C=O) groups excluding carboxylic acids is 1. The molecule has 1 amide bonds. The van der Waals surface area contributed by atoms with Crippen molar-refractivity contribution in [3.63, 3.8) is 0 Å². The van der Waals surface area contributed by atoms with Gasteiger partial charge in [0.1, 0.15) is 11.9 Å². The highest BCUT2D eigenvalue weighted by atomic mass is 32.2. The Kier molecular flexibility index (Phi) is 8.00. The summed E-state index contributed by atoms with van der Waals surface area (Å²) in [4.78, 5) is 18.2. The Morgan fingerprint density at radius 1 is 1.24 bits per heavy atom. The number of halogens is 6. The van der Waals surface area contributed by atoms with Crippen molar-refractivity contribution in [3.8, 4) is 12.3 Å². The number of benzene rings is 1. The molecule has 2 fully saturated rings. The smallest absolute Gasteiger partial charge is 0.393 e. The standard InChI is InChI=1S/C22H21F6N3O2S/c1-2-16(12-32)29-19-18(34-20(33)30-19)9-13-5-7-31(8-6-13)11-14-3-4-15(21(23,24)25)10-17(14)22(26,27)28/h1,3-4,9-10,13,16,32H,5-8,11-12H2,(H,29,30,33). The van der Waals surface area contributed by atoms with Crippen molar-refractivity contribution in [2.45, 2.75) is 37.8 Å². The van der Waals surface area contributed by atoms with Crippen LogP contribution in [0.15, 0.2) is 34.2 Å². The summed E-state index contributed by atoms with van der Waals surface area (Å²) in [6.45, 7) is 0.345. The summed E-state index contributed by atoms with van der Waals surface area (Å²) >= 11 is 0.941. The monoisotopic (exact) mass is 505 g/mol. The average Bonchev–Trinajstić information content (AvgIpc) is 3.10. The fourth-order valence-corrected chi connectivity index (χ4v) is 4.52. The first kappa shape index (κ1) is 26.1. The van der Waals surface area contributed by atoms with Crippen molar-refractivity contribution in [2.75, 3.05) is 19.7 Å². The van der Waals surface area contributed by atoms with Crippen molar-refractivity contribution >= 4 is 22.8 Å². The van der Waals surface area contributed by atoms with Gasteiger partial charge in [0, 0.05) is 6.54 Å². The van der Waals surface area contributed by atoms with Crippen LogP contribution < -0.4 is 5.32 Å². The van der Waals surface area contributed by atoms with Crippen molar-refractivity contribution < 1.29 is 36.2 Å². The van der Waals surface area contributed by atoms with Gasteiger partial charge in [0.05, 0.1) is 22.6 Å². The third kappa shape index (κ3) is 6.55. The molecule has 0 bridgehead atoms. The van der Waals surface area contributed by atoms with E-state index in [-0.39, 0.29) is 41.8 Å². The zero-order chi connectivity index (χ0) is 25.1. The molecule has 1 aromatic carbocycles. The quantitative estimate of drug-likeness (QED) is 0.451. The molecule has 2 aliphatic heterocycles. The van der Waals surface area contributed by atoms with E-state index in [2.05, 4.69) is 16.2 Å². The number of thioether (sulfide) groups is 1. The molecular formula is C22H21F6N3O2S. The topological polar surface area (TPSA) is 64.9 Å². The van der Waals surface area contributed by atoms with Crippen LogP contribution >= 0.6 is 11.8 Å². The predicted octanol–water partition coefficient (Wildman–Crippen LogP) is 4.67. The SMILES string of the molecule is C#CC(CO)N=C1NC(=O)SC1=CC1CCN(Cc2ccc(C(F)(F)F)cc2C(F)(F)F)CC1. The van der Waals surface area contributed by atoms with E-state index in [0.29, 0.717) is 36.9 Å². The van der Waals surface area contributed by atoms with Gasteiger partial charge in [-0.1, -0.05) is 18.1 Å². The van der Waals surface area contributed by atoms with E-state index in [1.807, 2.05) is 6.08 Å². The molecule has 2 saturated heterocycles. The number of amidine groups is 1. The Hall–Kier alpha value is -2.49. The Bertz CT molecular complexity index is 1020. The van der Waals surface area contributed by atoms with E-state index in [1.165, 1.54) is 0 Å². The molecule has 0 radical (unpaired) electrons. The number of carbonyl (C=O) groups is 1. The highest BCUT2D eigenvalue weighted by Gasteiger charge is 2.38. The van der Waals surface area contributed by atoms with Crippen LogP contribution in [-0.4, -0.2) is 46.8 Å². The van der Waals surface area contributed by atoms with Gasteiger partial charge >= 0.3 is 12.4 Å². The molecule has 3 rings (SSSR count).